The summed E-state index contributed by atoms with van der Waals surface area (Å²) >= 11 is 0. The lowest BCUT2D eigenvalue weighted by Gasteiger charge is -2.30. The minimum absolute atomic E-state index is 0.0429. The van der Waals surface area contributed by atoms with Crippen molar-refractivity contribution in [3.8, 4) is 11.9 Å². The van der Waals surface area contributed by atoms with E-state index in [1.165, 1.54) is 24.1 Å². The smallest absolute Gasteiger partial charge is 0.433 e. The number of alkyl halides is 3. The number of aryl methyl sites for hydroxylation is 3. The number of methoxy groups -OCH3 is 1. The van der Waals surface area contributed by atoms with Crippen LogP contribution in [-0.4, -0.2) is 42.2 Å². The first-order valence-corrected chi connectivity index (χ1v) is 12.4. The van der Waals surface area contributed by atoms with E-state index in [0.717, 1.165) is 18.0 Å². The summed E-state index contributed by atoms with van der Waals surface area (Å²) in [5, 5.41) is 31.1. The van der Waals surface area contributed by atoms with Gasteiger partial charge in [0.05, 0.1) is 30.1 Å². The number of fused-ring (bicyclic) bond motifs is 1. The van der Waals surface area contributed by atoms with Crippen molar-refractivity contribution in [1.29, 1.82) is 5.26 Å². The Morgan fingerprint density at radius 1 is 1.05 bits per heavy atom. The first-order chi connectivity index (χ1) is 19.5. The molecule has 41 heavy (non-hydrogen) atoms. The van der Waals surface area contributed by atoms with Gasteiger partial charge in [-0.05, 0) is 49.2 Å². The maximum Gasteiger partial charge on any atom is 0.433 e. The molecule has 0 saturated heterocycles. The summed E-state index contributed by atoms with van der Waals surface area (Å²) in [6.07, 6.45) is -1.95. The number of hydrogen-bond donors (Lipinski definition) is 1. The van der Waals surface area contributed by atoms with Crippen molar-refractivity contribution < 1.29 is 23.0 Å². The Labute approximate surface area is 232 Å². The van der Waals surface area contributed by atoms with Crippen LogP contribution in [0.15, 0.2) is 54.9 Å². The average molecular weight is 560 g/mol. The van der Waals surface area contributed by atoms with Crippen LogP contribution < -0.4 is 4.74 Å². The van der Waals surface area contributed by atoms with Gasteiger partial charge in [-0.25, -0.2) is 9.67 Å². The van der Waals surface area contributed by atoms with Crippen LogP contribution in [0.3, 0.4) is 0 Å². The number of rotatable bonds is 6. The minimum Gasteiger partial charge on any atom is -0.481 e. The third-order valence-corrected chi connectivity index (χ3v) is 6.97. The molecule has 0 spiro atoms. The van der Waals surface area contributed by atoms with Crippen LogP contribution in [0, 0.1) is 25.2 Å². The van der Waals surface area contributed by atoms with Gasteiger partial charge < -0.3 is 9.84 Å². The van der Waals surface area contributed by atoms with Crippen molar-refractivity contribution in [2.75, 3.05) is 7.11 Å². The Bertz CT molecular complexity index is 1810. The summed E-state index contributed by atoms with van der Waals surface area (Å²) < 4.78 is 46.0. The zero-order valence-corrected chi connectivity index (χ0v) is 22.5. The molecule has 208 valence electrons. The molecular formula is C29H24F3N7O2. The predicted molar refractivity (Wildman–Crippen MR) is 142 cm³/mol. The lowest BCUT2D eigenvalue weighted by Crippen LogP contribution is -2.32. The Kier molecular flexibility index (Phi) is 6.92. The van der Waals surface area contributed by atoms with E-state index in [-0.39, 0.29) is 17.9 Å². The molecule has 0 fully saturated rings. The van der Waals surface area contributed by atoms with Crippen molar-refractivity contribution in [2.24, 2.45) is 7.05 Å². The summed E-state index contributed by atoms with van der Waals surface area (Å²) in [4.78, 5) is 12.6. The molecule has 1 N–H and O–H groups in total. The fraction of sp³-hybridized carbons (Fsp3) is 0.241. The molecule has 0 saturated carbocycles. The summed E-state index contributed by atoms with van der Waals surface area (Å²) in [7, 11) is 3.06. The van der Waals surface area contributed by atoms with E-state index in [1.807, 2.05) is 6.92 Å². The van der Waals surface area contributed by atoms with Crippen molar-refractivity contribution in [1.82, 2.24) is 29.9 Å². The van der Waals surface area contributed by atoms with Gasteiger partial charge in [0.1, 0.15) is 11.8 Å². The number of nitriles is 1. The quantitative estimate of drug-likeness (QED) is 0.322. The predicted octanol–water partition coefficient (Wildman–Crippen LogP) is 4.54. The number of aliphatic hydroxyl groups is 1. The van der Waals surface area contributed by atoms with Crippen LogP contribution in [0.2, 0.25) is 0 Å². The van der Waals surface area contributed by atoms with E-state index in [4.69, 9.17) is 4.74 Å². The van der Waals surface area contributed by atoms with Gasteiger partial charge in [0, 0.05) is 47.6 Å². The number of aromatic nitrogens is 6. The van der Waals surface area contributed by atoms with Gasteiger partial charge in [-0.3, -0.25) is 9.97 Å². The molecule has 4 aromatic heterocycles. The second kappa shape index (κ2) is 10.3. The Balaban J connectivity index is 1.71. The summed E-state index contributed by atoms with van der Waals surface area (Å²) in [6, 6.07) is 13.0. The maximum atomic E-state index is 13.0. The van der Waals surface area contributed by atoms with Crippen LogP contribution in [-0.2, 0) is 25.2 Å². The Hall–Kier alpha value is -4.89. The van der Waals surface area contributed by atoms with E-state index in [9.17, 15) is 23.5 Å². The van der Waals surface area contributed by atoms with E-state index in [0.29, 0.717) is 44.5 Å². The fourth-order valence-corrected chi connectivity index (χ4v) is 4.99. The van der Waals surface area contributed by atoms with E-state index < -0.39 is 17.5 Å². The third-order valence-electron chi connectivity index (χ3n) is 6.97. The molecule has 1 atom stereocenters. The summed E-state index contributed by atoms with van der Waals surface area (Å²) in [5.74, 6) is 0.159. The Morgan fingerprint density at radius 3 is 2.41 bits per heavy atom. The van der Waals surface area contributed by atoms with Crippen LogP contribution in [0.4, 0.5) is 13.2 Å². The highest BCUT2D eigenvalue weighted by Crippen LogP contribution is 2.40. The van der Waals surface area contributed by atoms with Gasteiger partial charge in [0.2, 0.25) is 5.88 Å². The number of benzene rings is 1. The summed E-state index contributed by atoms with van der Waals surface area (Å²) in [6.45, 7) is 3.64. The molecule has 9 nitrogen and oxygen atoms in total. The van der Waals surface area contributed by atoms with Gasteiger partial charge in [-0.15, -0.1) is 5.10 Å². The summed E-state index contributed by atoms with van der Waals surface area (Å²) in [5.41, 5.74) is 1.35. The second-order valence-corrected chi connectivity index (χ2v) is 9.58. The van der Waals surface area contributed by atoms with Crippen molar-refractivity contribution in [3.63, 3.8) is 0 Å². The van der Waals surface area contributed by atoms with Crippen molar-refractivity contribution >= 4 is 10.9 Å². The number of pyridine rings is 3. The van der Waals surface area contributed by atoms with Crippen molar-refractivity contribution in [3.05, 3.63) is 105 Å². The van der Waals surface area contributed by atoms with Gasteiger partial charge in [0.15, 0.2) is 5.60 Å². The third kappa shape index (κ3) is 4.85. The lowest BCUT2D eigenvalue weighted by molar-refractivity contribution is -0.141. The highest BCUT2D eigenvalue weighted by molar-refractivity contribution is 5.88. The molecule has 0 bridgehead atoms. The van der Waals surface area contributed by atoms with Crippen LogP contribution in [0.25, 0.3) is 10.9 Å². The van der Waals surface area contributed by atoms with Crippen LogP contribution >= 0.6 is 0 Å². The molecule has 0 aliphatic carbocycles. The number of hydrogen-bond acceptors (Lipinski definition) is 8. The maximum absolute atomic E-state index is 13.0. The Morgan fingerprint density at radius 2 is 1.83 bits per heavy atom. The number of halogens is 3. The molecule has 0 radical (unpaired) electrons. The molecule has 0 aliphatic heterocycles. The molecule has 0 amide bonds. The minimum atomic E-state index is -4.57. The fourth-order valence-electron chi connectivity index (χ4n) is 4.99. The molecule has 1 unspecified atom stereocenters. The lowest BCUT2D eigenvalue weighted by atomic mass is 9.81. The number of ether oxygens (including phenoxy) is 1. The molecule has 4 heterocycles. The van der Waals surface area contributed by atoms with Gasteiger partial charge in [-0.1, -0.05) is 23.4 Å². The number of nitrogens with zero attached hydrogens (tertiary/aromatic N) is 7. The molecule has 12 heteroatoms. The molecular weight excluding hydrogens is 535 g/mol. The first kappa shape index (κ1) is 27.7. The highest BCUT2D eigenvalue weighted by Gasteiger charge is 2.39. The van der Waals surface area contributed by atoms with Crippen LogP contribution in [0.5, 0.6) is 5.88 Å². The van der Waals surface area contributed by atoms with Crippen LogP contribution in [0.1, 0.15) is 50.6 Å². The molecule has 0 aliphatic rings. The second-order valence-electron chi connectivity index (χ2n) is 9.58. The topological polar surface area (TPSA) is 123 Å². The SMILES string of the molecule is COc1nc2ccc(C(O)(c3ccc(C)nc3C)c3cnnn3C)cc2c(C#N)c1Cc1ccc(C(F)(F)F)nc1. The van der Waals surface area contributed by atoms with E-state index in [2.05, 4.69) is 31.3 Å². The van der Waals surface area contributed by atoms with Gasteiger partial charge >= 0.3 is 6.18 Å². The standard InChI is InChI=1S/C29H24F3N7O2/c1-16-5-8-23(17(2)36-16)28(40,26-15-35-38-39(26)3)19-7-9-24-20(12-19)22(13-33)21(27(37-24)41-4)11-18-6-10-25(34-14-18)29(30,31)32/h5-10,12,14-15,40H,11H2,1-4H3. The molecule has 5 aromatic rings. The normalized spacial score (nSPS) is 13.1. The highest BCUT2D eigenvalue weighted by atomic mass is 19.4. The zero-order valence-electron chi connectivity index (χ0n) is 22.5. The first-order valence-electron chi connectivity index (χ1n) is 12.4. The molecule has 1 aromatic carbocycles. The van der Waals surface area contributed by atoms with Crippen molar-refractivity contribution in [2.45, 2.75) is 32.0 Å². The van der Waals surface area contributed by atoms with E-state index >= 15 is 0 Å². The monoisotopic (exact) mass is 559 g/mol. The van der Waals surface area contributed by atoms with Gasteiger partial charge in [-0.2, -0.15) is 18.4 Å². The average Bonchev–Trinajstić information content (AvgIpc) is 3.38. The molecule has 5 rings (SSSR count). The van der Waals surface area contributed by atoms with E-state index in [1.54, 1.807) is 44.3 Å². The zero-order chi connectivity index (χ0) is 29.5. The largest absolute Gasteiger partial charge is 0.481 e. The van der Waals surface area contributed by atoms with Gasteiger partial charge in [0.25, 0.3) is 0 Å².